The van der Waals surface area contributed by atoms with Crippen molar-refractivity contribution in [2.45, 2.75) is 51.6 Å². The first-order valence-corrected chi connectivity index (χ1v) is 7.26. The number of thiazole rings is 1. The lowest BCUT2D eigenvalue weighted by Gasteiger charge is -2.29. The molecule has 0 aromatic carbocycles. The van der Waals surface area contributed by atoms with Gasteiger partial charge in [0.15, 0.2) is 0 Å². The van der Waals surface area contributed by atoms with Gasteiger partial charge in [-0.2, -0.15) is 0 Å². The van der Waals surface area contributed by atoms with Crippen molar-refractivity contribution in [3.63, 3.8) is 0 Å². The number of nitrogens with two attached hydrogens (primary N) is 1. The number of likely N-dealkylation sites (tertiary alicyclic amines) is 1. The highest BCUT2D eigenvalue weighted by Crippen LogP contribution is 2.26. The van der Waals surface area contributed by atoms with Crippen molar-refractivity contribution in [1.82, 2.24) is 9.88 Å². The molecule has 3 nitrogen and oxygen atoms in total. The lowest BCUT2D eigenvalue weighted by Crippen LogP contribution is -2.42. The average molecular weight is 253 g/mol. The Morgan fingerprint density at radius 1 is 1.53 bits per heavy atom. The Bertz CT molecular complexity index is 367. The third-order valence-corrected chi connectivity index (χ3v) is 4.44. The first-order valence-electron chi connectivity index (χ1n) is 6.38. The quantitative estimate of drug-likeness (QED) is 0.880. The van der Waals surface area contributed by atoms with Crippen molar-refractivity contribution < 1.29 is 0 Å². The highest BCUT2D eigenvalue weighted by Gasteiger charge is 2.20. The molecule has 1 fully saturated rings. The summed E-state index contributed by atoms with van der Waals surface area (Å²) in [7, 11) is 0. The van der Waals surface area contributed by atoms with Crippen LogP contribution >= 0.6 is 11.3 Å². The molecule has 96 valence electrons. The second-order valence-corrected chi connectivity index (χ2v) is 6.89. The second kappa shape index (κ2) is 5.04. The van der Waals surface area contributed by atoms with Crippen LogP contribution in [0.4, 0.5) is 0 Å². The number of piperidine rings is 1. The molecule has 0 amide bonds. The van der Waals surface area contributed by atoms with Crippen LogP contribution in [0.5, 0.6) is 0 Å². The maximum Gasteiger partial charge on any atom is 0.0982 e. The largest absolute Gasteiger partial charge is 0.327 e. The van der Waals surface area contributed by atoms with Crippen molar-refractivity contribution in [2.75, 3.05) is 13.1 Å². The minimum absolute atomic E-state index is 0.168. The molecule has 2 heterocycles. The zero-order valence-electron chi connectivity index (χ0n) is 11.1. The zero-order chi connectivity index (χ0) is 12.5. The molecular weight excluding hydrogens is 230 g/mol. The Morgan fingerprint density at radius 2 is 2.29 bits per heavy atom. The Hall–Kier alpha value is -0.450. The molecule has 0 saturated carbocycles. The van der Waals surface area contributed by atoms with E-state index in [1.807, 2.05) is 0 Å². The maximum absolute atomic E-state index is 5.99. The van der Waals surface area contributed by atoms with Crippen molar-refractivity contribution in [3.05, 3.63) is 16.1 Å². The molecular formula is C13H23N3S. The van der Waals surface area contributed by atoms with Crippen LogP contribution in [-0.4, -0.2) is 29.0 Å². The fraction of sp³-hybridized carbons (Fsp3) is 0.769. The molecule has 17 heavy (non-hydrogen) atoms. The fourth-order valence-corrected chi connectivity index (χ4v) is 3.09. The van der Waals surface area contributed by atoms with Crippen LogP contribution in [0, 0.1) is 0 Å². The molecule has 1 atom stereocenters. The number of hydrogen-bond donors (Lipinski definition) is 1. The molecule has 2 N–H and O–H groups in total. The van der Waals surface area contributed by atoms with Gasteiger partial charge in [-0.05, 0) is 19.4 Å². The van der Waals surface area contributed by atoms with Crippen LogP contribution < -0.4 is 5.73 Å². The van der Waals surface area contributed by atoms with E-state index in [9.17, 15) is 0 Å². The standard InChI is InChI=1S/C13H23N3S/c1-13(2,3)12-15-11(9-17-12)8-16-6-4-5-10(14)7-16/h9-10H,4-8,14H2,1-3H3. The summed E-state index contributed by atoms with van der Waals surface area (Å²) in [5.74, 6) is 0. The van der Waals surface area contributed by atoms with Crippen LogP contribution in [0.25, 0.3) is 0 Å². The highest BCUT2D eigenvalue weighted by atomic mass is 32.1. The molecule has 4 heteroatoms. The molecule has 0 spiro atoms. The molecule has 0 radical (unpaired) electrons. The Balaban J connectivity index is 1.97. The molecule has 0 aliphatic carbocycles. The summed E-state index contributed by atoms with van der Waals surface area (Å²) in [4.78, 5) is 7.16. The van der Waals surface area contributed by atoms with E-state index < -0.39 is 0 Å². The SMILES string of the molecule is CC(C)(C)c1nc(CN2CCCC(N)C2)cs1. The van der Waals surface area contributed by atoms with E-state index in [1.54, 1.807) is 11.3 Å². The van der Waals surface area contributed by atoms with Crippen LogP contribution in [0.1, 0.15) is 44.3 Å². The monoisotopic (exact) mass is 253 g/mol. The van der Waals surface area contributed by atoms with E-state index in [-0.39, 0.29) is 5.41 Å². The predicted octanol–water partition coefficient (Wildman–Crippen LogP) is 2.36. The minimum Gasteiger partial charge on any atom is -0.327 e. The van der Waals surface area contributed by atoms with Crippen LogP contribution in [0.3, 0.4) is 0 Å². The fourth-order valence-electron chi connectivity index (χ4n) is 2.19. The van der Waals surface area contributed by atoms with Gasteiger partial charge >= 0.3 is 0 Å². The van der Waals surface area contributed by atoms with E-state index in [0.29, 0.717) is 6.04 Å². The first kappa shape index (κ1) is 13.0. The second-order valence-electron chi connectivity index (χ2n) is 6.03. The summed E-state index contributed by atoms with van der Waals surface area (Å²) >= 11 is 1.78. The molecule has 1 unspecified atom stereocenters. The van der Waals surface area contributed by atoms with Crippen LogP contribution in [0.15, 0.2) is 5.38 Å². The summed E-state index contributed by atoms with van der Waals surface area (Å²) < 4.78 is 0. The third-order valence-electron chi connectivity index (χ3n) is 3.12. The number of hydrogen-bond acceptors (Lipinski definition) is 4. The van der Waals surface area contributed by atoms with E-state index in [1.165, 1.54) is 23.5 Å². The molecule has 1 aliphatic rings. The van der Waals surface area contributed by atoms with Crippen molar-refractivity contribution in [2.24, 2.45) is 5.73 Å². The van der Waals surface area contributed by atoms with E-state index >= 15 is 0 Å². The number of nitrogens with zero attached hydrogens (tertiary/aromatic N) is 2. The Kier molecular flexibility index (Phi) is 3.85. The van der Waals surface area contributed by atoms with Gasteiger partial charge in [0.05, 0.1) is 10.7 Å². The van der Waals surface area contributed by atoms with E-state index in [0.717, 1.165) is 19.6 Å². The Labute approximate surface area is 108 Å². The van der Waals surface area contributed by atoms with Gasteiger partial charge in [0.25, 0.3) is 0 Å². The van der Waals surface area contributed by atoms with Crippen LogP contribution in [-0.2, 0) is 12.0 Å². The first-order chi connectivity index (χ1) is 7.95. The van der Waals surface area contributed by atoms with Gasteiger partial charge in [0.2, 0.25) is 0 Å². The molecule has 1 saturated heterocycles. The summed E-state index contributed by atoms with van der Waals surface area (Å²) in [6.07, 6.45) is 2.39. The van der Waals surface area contributed by atoms with Gasteiger partial charge in [0, 0.05) is 29.9 Å². The lowest BCUT2D eigenvalue weighted by molar-refractivity contribution is 0.199. The van der Waals surface area contributed by atoms with Gasteiger partial charge in [-0.25, -0.2) is 4.98 Å². The van der Waals surface area contributed by atoms with Gasteiger partial charge in [-0.3, -0.25) is 4.90 Å². The van der Waals surface area contributed by atoms with Gasteiger partial charge in [-0.1, -0.05) is 20.8 Å². The zero-order valence-corrected chi connectivity index (χ0v) is 11.9. The van der Waals surface area contributed by atoms with E-state index in [2.05, 4.69) is 31.1 Å². The molecule has 1 aliphatic heterocycles. The lowest BCUT2D eigenvalue weighted by atomic mass is 9.98. The smallest absolute Gasteiger partial charge is 0.0982 e. The molecule has 1 aromatic heterocycles. The van der Waals surface area contributed by atoms with Gasteiger partial charge in [-0.15, -0.1) is 11.3 Å². The average Bonchev–Trinajstić information content (AvgIpc) is 2.65. The van der Waals surface area contributed by atoms with Gasteiger partial charge < -0.3 is 5.73 Å². The summed E-state index contributed by atoms with van der Waals surface area (Å²) in [6, 6.07) is 0.351. The normalized spacial score (nSPS) is 22.9. The minimum atomic E-state index is 0.168. The maximum atomic E-state index is 5.99. The highest BCUT2D eigenvalue weighted by molar-refractivity contribution is 7.09. The number of rotatable bonds is 2. The summed E-state index contributed by atoms with van der Waals surface area (Å²) in [5.41, 5.74) is 7.36. The molecule has 1 aromatic rings. The number of aromatic nitrogens is 1. The Morgan fingerprint density at radius 3 is 2.88 bits per heavy atom. The molecule has 2 rings (SSSR count). The summed E-state index contributed by atoms with van der Waals surface area (Å²) in [6.45, 7) is 9.78. The van der Waals surface area contributed by atoms with E-state index in [4.69, 9.17) is 10.7 Å². The summed E-state index contributed by atoms with van der Waals surface area (Å²) in [5, 5.41) is 3.43. The van der Waals surface area contributed by atoms with Crippen LogP contribution in [0.2, 0.25) is 0 Å². The van der Waals surface area contributed by atoms with Gasteiger partial charge in [0.1, 0.15) is 0 Å². The van der Waals surface area contributed by atoms with Crippen molar-refractivity contribution >= 4 is 11.3 Å². The third kappa shape index (κ3) is 3.50. The topological polar surface area (TPSA) is 42.2 Å². The van der Waals surface area contributed by atoms with Crippen molar-refractivity contribution in [3.8, 4) is 0 Å². The molecule has 0 bridgehead atoms. The van der Waals surface area contributed by atoms with Crippen molar-refractivity contribution in [1.29, 1.82) is 0 Å². The predicted molar refractivity (Wildman–Crippen MR) is 73.3 cm³/mol.